The Kier molecular flexibility index (Phi) is 6.14. The molecular formula is C33H28N2O6. The van der Waals surface area contributed by atoms with Crippen molar-refractivity contribution in [2.75, 3.05) is 14.1 Å². The van der Waals surface area contributed by atoms with Gasteiger partial charge in [0.05, 0.1) is 11.1 Å². The largest absolute Gasteiger partial charge is 0.486 e. The molecule has 8 heteroatoms. The third kappa shape index (κ3) is 4.41. The van der Waals surface area contributed by atoms with E-state index in [-0.39, 0.29) is 35.1 Å². The van der Waals surface area contributed by atoms with E-state index in [9.17, 15) is 19.2 Å². The number of rotatable bonds is 6. The van der Waals surface area contributed by atoms with Crippen molar-refractivity contribution in [2.45, 2.75) is 31.8 Å². The number of ether oxygens (including phenoxy) is 2. The molecule has 0 radical (unpaired) electrons. The third-order valence-electron chi connectivity index (χ3n) is 8.04. The van der Waals surface area contributed by atoms with Gasteiger partial charge in [-0.25, -0.2) is 0 Å². The van der Waals surface area contributed by atoms with Crippen molar-refractivity contribution in [1.82, 2.24) is 9.80 Å². The molecule has 0 spiro atoms. The van der Waals surface area contributed by atoms with Crippen LogP contribution in [0, 0.1) is 0 Å². The summed E-state index contributed by atoms with van der Waals surface area (Å²) >= 11 is 0. The van der Waals surface area contributed by atoms with Crippen LogP contribution in [-0.2, 0) is 15.0 Å². The Morgan fingerprint density at radius 2 is 1.24 bits per heavy atom. The number of amides is 4. The van der Waals surface area contributed by atoms with E-state index in [1.165, 1.54) is 14.1 Å². The second-order valence-electron chi connectivity index (χ2n) is 10.9. The molecule has 3 aromatic rings. The number of carbonyl (C=O) groups excluding carboxylic acids is 4. The number of hydrogen-bond donors (Lipinski definition) is 0. The van der Waals surface area contributed by atoms with Crippen LogP contribution in [0.15, 0.2) is 90.0 Å². The van der Waals surface area contributed by atoms with E-state index in [4.69, 9.17) is 9.47 Å². The van der Waals surface area contributed by atoms with E-state index in [1.54, 1.807) is 24.3 Å². The van der Waals surface area contributed by atoms with Crippen molar-refractivity contribution in [1.29, 1.82) is 0 Å². The molecule has 0 aromatic heterocycles. The highest BCUT2D eigenvalue weighted by Crippen LogP contribution is 2.36. The monoisotopic (exact) mass is 548 g/mol. The van der Waals surface area contributed by atoms with Crippen molar-refractivity contribution in [3.63, 3.8) is 0 Å². The first-order valence-electron chi connectivity index (χ1n) is 13.3. The first-order valence-corrected chi connectivity index (χ1v) is 13.3. The van der Waals surface area contributed by atoms with Crippen LogP contribution in [0.25, 0.3) is 0 Å². The lowest BCUT2D eigenvalue weighted by Gasteiger charge is -2.27. The van der Waals surface area contributed by atoms with Crippen molar-refractivity contribution < 1.29 is 28.7 Å². The molecule has 2 aliphatic heterocycles. The molecule has 8 nitrogen and oxygen atoms in total. The summed E-state index contributed by atoms with van der Waals surface area (Å²) in [6.07, 6.45) is 3.54. The predicted molar refractivity (Wildman–Crippen MR) is 151 cm³/mol. The lowest BCUT2D eigenvalue weighted by atomic mass is 9.78. The van der Waals surface area contributed by atoms with Crippen molar-refractivity contribution in [3.05, 3.63) is 112 Å². The van der Waals surface area contributed by atoms with Gasteiger partial charge in [0.25, 0.3) is 23.6 Å². The molecular weight excluding hydrogens is 520 g/mol. The van der Waals surface area contributed by atoms with Crippen molar-refractivity contribution >= 4 is 23.6 Å². The number of nitrogens with zero attached hydrogens (tertiary/aromatic N) is 2. The predicted octanol–water partition coefficient (Wildman–Crippen LogP) is 5.03. The van der Waals surface area contributed by atoms with Gasteiger partial charge in [0.15, 0.2) is 0 Å². The van der Waals surface area contributed by atoms with Crippen LogP contribution in [0.4, 0.5) is 0 Å². The van der Waals surface area contributed by atoms with Crippen LogP contribution >= 0.6 is 0 Å². The summed E-state index contributed by atoms with van der Waals surface area (Å²) in [5, 5.41) is 0. The lowest BCUT2D eigenvalue weighted by Crippen LogP contribution is -2.27. The average molecular weight is 549 g/mol. The molecule has 6 rings (SSSR count). The van der Waals surface area contributed by atoms with Crippen molar-refractivity contribution in [3.8, 4) is 17.2 Å². The van der Waals surface area contributed by atoms with E-state index >= 15 is 0 Å². The molecule has 41 heavy (non-hydrogen) atoms. The van der Waals surface area contributed by atoms with Gasteiger partial charge in [0, 0.05) is 37.1 Å². The quantitative estimate of drug-likeness (QED) is 0.401. The number of likely N-dealkylation sites (N-methyl/N-ethyl adjacent to an activating group) is 1. The zero-order chi connectivity index (χ0) is 29.1. The van der Waals surface area contributed by atoms with Crippen LogP contribution in [-0.4, -0.2) is 53.6 Å². The summed E-state index contributed by atoms with van der Waals surface area (Å²) in [6.45, 7) is 4.27. The normalized spacial score (nSPS) is 18.3. The second-order valence-corrected chi connectivity index (χ2v) is 10.9. The number of hydrogen-bond acceptors (Lipinski definition) is 6. The Morgan fingerprint density at radius 1 is 0.683 bits per heavy atom. The molecule has 1 atom stereocenters. The summed E-state index contributed by atoms with van der Waals surface area (Å²) in [6, 6.07) is 20.5. The van der Waals surface area contributed by atoms with Crippen LogP contribution in [0.3, 0.4) is 0 Å². The molecule has 2 heterocycles. The Hall–Kier alpha value is -4.98. The van der Waals surface area contributed by atoms with E-state index < -0.39 is 0 Å². The molecule has 0 saturated heterocycles. The molecule has 0 fully saturated rings. The lowest BCUT2D eigenvalue weighted by molar-refractivity contribution is -0.135. The van der Waals surface area contributed by atoms with E-state index in [0.717, 1.165) is 20.9 Å². The summed E-state index contributed by atoms with van der Waals surface area (Å²) in [5.74, 6) is 0.609. The topological polar surface area (TPSA) is 93.2 Å². The molecule has 4 amide bonds. The molecule has 1 aliphatic carbocycles. The van der Waals surface area contributed by atoms with Gasteiger partial charge >= 0.3 is 0 Å². The van der Waals surface area contributed by atoms with Crippen molar-refractivity contribution in [2.24, 2.45) is 0 Å². The number of fused-ring (bicyclic) bond motifs is 1. The fourth-order valence-electron chi connectivity index (χ4n) is 5.41. The Labute approximate surface area is 237 Å². The van der Waals surface area contributed by atoms with Crippen LogP contribution in [0.5, 0.6) is 17.2 Å². The molecule has 3 aliphatic rings. The fourth-order valence-corrected chi connectivity index (χ4v) is 5.41. The van der Waals surface area contributed by atoms with E-state index in [2.05, 4.69) is 13.8 Å². The second kappa shape index (κ2) is 9.59. The first-order chi connectivity index (χ1) is 19.5. The van der Waals surface area contributed by atoms with E-state index in [0.29, 0.717) is 45.9 Å². The smallest absolute Gasteiger partial charge is 0.261 e. The maximum Gasteiger partial charge on any atom is 0.261 e. The van der Waals surface area contributed by atoms with Crippen LogP contribution < -0.4 is 9.47 Å². The van der Waals surface area contributed by atoms with E-state index in [1.807, 2.05) is 54.6 Å². The standard InChI is InChI=1S/C33H28N2O6/c1-33(2,19-5-9-21(10-6-19)40-23-13-15-25-27(17-23)31(38)34(3)29(25)36)20-7-11-22(12-8-20)41-24-14-16-26-28(18-24)32(39)35(4)30(26)37/h5-17,24H,18H2,1-4H3. The summed E-state index contributed by atoms with van der Waals surface area (Å²) in [4.78, 5) is 51.2. The Morgan fingerprint density at radius 3 is 1.90 bits per heavy atom. The number of carbonyl (C=O) groups is 4. The summed E-state index contributed by atoms with van der Waals surface area (Å²) in [5.41, 5.74) is 3.54. The molecule has 206 valence electrons. The van der Waals surface area contributed by atoms with Crippen LogP contribution in [0.2, 0.25) is 0 Å². The molecule has 1 unspecified atom stereocenters. The van der Waals surface area contributed by atoms with Gasteiger partial charge in [-0.2, -0.15) is 0 Å². The van der Waals surface area contributed by atoms with Gasteiger partial charge in [-0.1, -0.05) is 38.1 Å². The highest BCUT2D eigenvalue weighted by molar-refractivity contribution is 6.21. The highest BCUT2D eigenvalue weighted by Gasteiger charge is 2.37. The maximum absolute atomic E-state index is 12.3. The Bertz CT molecular complexity index is 1680. The zero-order valence-electron chi connectivity index (χ0n) is 23.1. The first kappa shape index (κ1) is 26.3. The minimum Gasteiger partial charge on any atom is -0.486 e. The molecule has 3 aromatic carbocycles. The maximum atomic E-state index is 12.3. The fraction of sp³-hybridized carbons (Fsp3) is 0.212. The van der Waals surface area contributed by atoms with Gasteiger partial charge in [-0.15, -0.1) is 0 Å². The van der Waals surface area contributed by atoms with Gasteiger partial charge in [0.2, 0.25) is 0 Å². The zero-order valence-corrected chi connectivity index (χ0v) is 23.1. The summed E-state index contributed by atoms with van der Waals surface area (Å²) < 4.78 is 12.1. The van der Waals surface area contributed by atoms with Gasteiger partial charge in [0.1, 0.15) is 23.4 Å². The van der Waals surface area contributed by atoms with Gasteiger partial charge < -0.3 is 9.47 Å². The van der Waals surface area contributed by atoms with Gasteiger partial charge in [-0.3, -0.25) is 29.0 Å². The SMILES string of the molecule is CN1C(=O)C2=C(CC(Oc3ccc(C(C)(C)c4ccc(Oc5ccc6c(c5)C(=O)N(C)C6=O)cc4)cc3)C=C2)C1=O. The average Bonchev–Trinajstić information content (AvgIpc) is 3.32. The number of imide groups is 2. The number of benzene rings is 3. The highest BCUT2D eigenvalue weighted by atomic mass is 16.5. The summed E-state index contributed by atoms with van der Waals surface area (Å²) in [7, 11) is 2.96. The molecule has 0 N–H and O–H groups in total. The Balaban J connectivity index is 1.12. The minimum absolute atomic E-state index is 0.261. The third-order valence-corrected chi connectivity index (χ3v) is 8.04. The molecule has 0 saturated carbocycles. The minimum atomic E-state index is -0.334. The van der Waals surface area contributed by atoms with Crippen LogP contribution in [0.1, 0.15) is 52.1 Å². The van der Waals surface area contributed by atoms with Gasteiger partial charge in [-0.05, 0) is 65.7 Å². The molecule has 0 bridgehead atoms.